The van der Waals surface area contributed by atoms with Crippen LogP contribution in [0, 0.1) is 11.7 Å². The summed E-state index contributed by atoms with van der Waals surface area (Å²) in [6, 6.07) is 4.22. The van der Waals surface area contributed by atoms with E-state index in [0.717, 1.165) is 25.9 Å². The monoisotopic (exact) mass is 271 g/mol. The third-order valence-corrected chi connectivity index (χ3v) is 3.34. The summed E-state index contributed by atoms with van der Waals surface area (Å²) in [6.45, 7) is 6.08. The molecule has 2 rings (SSSR count). The molecule has 1 saturated carbocycles. The second kappa shape index (κ2) is 5.45. The highest BCUT2D eigenvalue weighted by atomic mass is 35.5. The molecule has 0 spiro atoms. The zero-order valence-corrected chi connectivity index (χ0v) is 11.6. The van der Waals surface area contributed by atoms with Gasteiger partial charge in [0.1, 0.15) is 17.2 Å². The smallest absolute Gasteiger partial charge is 0.141 e. The minimum atomic E-state index is -0.319. The van der Waals surface area contributed by atoms with E-state index in [4.69, 9.17) is 16.3 Å². The number of halogens is 2. The Kier molecular flexibility index (Phi) is 4.13. The summed E-state index contributed by atoms with van der Waals surface area (Å²) in [7, 11) is 0. The summed E-state index contributed by atoms with van der Waals surface area (Å²) >= 11 is 6.00. The maximum Gasteiger partial charge on any atom is 0.141 e. The van der Waals surface area contributed by atoms with Crippen molar-refractivity contribution in [3.63, 3.8) is 0 Å². The van der Waals surface area contributed by atoms with Crippen LogP contribution >= 0.6 is 11.6 Å². The SMILES string of the molecule is CC(C)CNCC1(Oc2cc(F)ccc2Cl)CC1. The first-order chi connectivity index (χ1) is 8.51. The Balaban J connectivity index is 1.94. The van der Waals surface area contributed by atoms with Crippen LogP contribution in [0.25, 0.3) is 0 Å². The summed E-state index contributed by atoms with van der Waals surface area (Å²) in [6.07, 6.45) is 1.98. The van der Waals surface area contributed by atoms with Gasteiger partial charge in [-0.25, -0.2) is 4.39 Å². The van der Waals surface area contributed by atoms with Crippen LogP contribution in [-0.4, -0.2) is 18.7 Å². The minimum absolute atomic E-state index is 0.188. The molecular formula is C14H19ClFNO. The van der Waals surface area contributed by atoms with Crippen LogP contribution in [0.2, 0.25) is 5.02 Å². The molecule has 0 radical (unpaired) electrons. The first kappa shape index (κ1) is 13.6. The average molecular weight is 272 g/mol. The Morgan fingerprint density at radius 2 is 2.17 bits per heavy atom. The third kappa shape index (κ3) is 3.59. The van der Waals surface area contributed by atoms with Crippen LogP contribution in [0.5, 0.6) is 5.75 Å². The number of benzene rings is 1. The van der Waals surface area contributed by atoms with E-state index in [1.807, 2.05) is 0 Å². The average Bonchev–Trinajstić information content (AvgIpc) is 3.03. The molecular weight excluding hydrogens is 253 g/mol. The van der Waals surface area contributed by atoms with E-state index in [0.29, 0.717) is 16.7 Å². The molecule has 0 amide bonds. The third-order valence-electron chi connectivity index (χ3n) is 3.03. The number of hydrogen-bond acceptors (Lipinski definition) is 2. The van der Waals surface area contributed by atoms with Crippen molar-refractivity contribution in [2.45, 2.75) is 32.3 Å². The molecule has 0 aromatic heterocycles. The number of ether oxygens (including phenoxy) is 1. The Labute approximate surface area is 112 Å². The second-order valence-corrected chi connectivity index (χ2v) is 5.79. The molecule has 0 bridgehead atoms. The fourth-order valence-corrected chi connectivity index (χ4v) is 1.99. The Morgan fingerprint density at radius 1 is 1.44 bits per heavy atom. The highest BCUT2D eigenvalue weighted by molar-refractivity contribution is 6.32. The van der Waals surface area contributed by atoms with Crippen LogP contribution in [0.4, 0.5) is 4.39 Å². The molecule has 1 aliphatic rings. The lowest BCUT2D eigenvalue weighted by Gasteiger charge is -2.20. The lowest BCUT2D eigenvalue weighted by Crippen LogP contribution is -2.35. The van der Waals surface area contributed by atoms with Crippen molar-refractivity contribution in [1.82, 2.24) is 5.32 Å². The molecule has 1 aromatic rings. The van der Waals surface area contributed by atoms with Crippen molar-refractivity contribution in [2.75, 3.05) is 13.1 Å². The normalized spacial score (nSPS) is 16.9. The largest absolute Gasteiger partial charge is 0.484 e. The van der Waals surface area contributed by atoms with Crippen LogP contribution in [0.3, 0.4) is 0 Å². The number of rotatable bonds is 6. The first-order valence-corrected chi connectivity index (χ1v) is 6.73. The summed E-state index contributed by atoms with van der Waals surface area (Å²) in [5.41, 5.74) is -0.188. The van der Waals surface area contributed by atoms with E-state index >= 15 is 0 Å². The van der Waals surface area contributed by atoms with Gasteiger partial charge in [0.15, 0.2) is 0 Å². The fraction of sp³-hybridized carbons (Fsp3) is 0.571. The first-order valence-electron chi connectivity index (χ1n) is 6.35. The number of hydrogen-bond donors (Lipinski definition) is 1. The quantitative estimate of drug-likeness (QED) is 0.853. The molecule has 0 atom stereocenters. The van der Waals surface area contributed by atoms with Gasteiger partial charge >= 0.3 is 0 Å². The summed E-state index contributed by atoms with van der Waals surface area (Å²) in [5, 5.41) is 3.84. The lowest BCUT2D eigenvalue weighted by molar-refractivity contribution is 0.174. The van der Waals surface area contributed by atoms with E-state index in [2.05, 4.69) is 19.2 Å². The summed E-state index contributed by atoms with van der Waals surface area (Å²) in [5.74, 6) is 0.736. The maximum atomic E-state index is 13.1. The van der Waals surface area contributed by atoms with Crippen molar-refractivity contribution in [2.24, 2.45) is 5.92 Å². The fourth-order valence-electron chi connectivity index (χ4n) is 1.83. The zero-order chi connectivity index (χ0) is 13.2. The lowest BCUT2D eigenvalue weighted by atomic mass is 10.2. The van der Waals surface area contributed by atoms with Crippen LogP contribution in [0.15, 0.2) is 18.2 Å². The molecule has 1 fully saturated rings. The van der Waals surface area contributed by atoms with Gasteiger partial charge in [0.25, 0.3) is 0 Å². The van der Waals surface area contributed by atoms with Gasteiger partial charge in [0.2, 0.25) is 0 Å². The van der Waals surface area contributed by atoms with E-state index < -0.39 is 0 Å². The zero-order valence-electron chi connectivity index (χ0n) is 10.8. The molecule has 1 aliphatic carbocycles. The van der Waals surface area contributed by atoms with Crippen LogP contribution < -0.4 is 10.1 Å². The van der Waals surface area contributed by atoms with Gasteiger partial charge in [-0.1, -0.05) is 25.4 Å². The molecule has 1 aromatic carbocycles. The van der Waals surface area contributed by atoms with E-state index in [1.54, 1.807) is 0 Å². The van der Waals surface area contributed by atoms with Crippen LogP contribution in [0.1, 0.15) is 26.7 Å². The standard InChI is InChI=1S/C14H19ClFNO/c1-10(2)8-17-9-14(5-6-14)18-13-7-11(16)3-4-12(13)15/h3-4,7,10,17H,5-6,8-9H2,1-2H3. The van der Waals surface area contributed by atoms with E-state index in [-0.39, 0.29) is 11.4 Å². The summed E-state index contributed by atoms with van der Waals surface area (Å²) < 4.78 is 19.0. The van der Waals surface area contributed by atoms with Gasteiger partial charge in [-0.05, 0) is 37.4 Å². The van der Waals surface area contributed by atoms with Gasteiger partial charge in [0.05, 0.1) is 5.02 Å². The molecule has 0 unspecified atom stereocenters. The minimum Gasteiger partial charge on any atom is -0.484 e. The van der Waals surface area contributed by atoms with Crippen LogP contribution in [-0.2, 0) is 0 Å². The van der Waals surface area contributed by atoms with Gasteiger partial charge in [-0.2, -0.15) is 0 Å². The van der Waals surface area contributed by atoms with Crippen molar-refractivity contribution in [1.29, 1.82) is 0 Å². The topological polar surface area (TPSA) is 21.3 Å². The highest BCUT2D eigenvalue weighted by Crippen LogP contribution is 2.41. The molecule has 18 heavy (non-hydrogen) atoms. The predicted molar refractivity (Wildman–Crippen MR) is 71.7 cm³/mol. The maximum absolute atomic E-state index is 13.1. The van der Waals surface area contributed by atoms with Gasteiger partial charge in [-0.3, -0.25) is 0 Å². The predicted octanol–water partition coefficient (Wildman–Crippen LogP) is 3.64. The Bertz CT molecular complexity index is 418. The molecule has 1 N–H and O–H groups in total. The van der Waals surface area contributed by atoms with Crippen molar-refractivity contribution >= 4 is 11.6 Å². The van der Waals surface area contributed by atoms with E-state index in [9.17, 15) is 4.39 Å². The Morgan fingerprint density at radius 3 is 2.78 bits per heavy atom. The van der Waals surface area contributed by atoms with Gasteiger partial charge in [0, 0.05) is 12.6 Å². The van der Waals surface area contributed by atoms with Crippen molar-refractivity contribution < 1.29 is 9.13 Å². The highest BCUT2D eigenvalue weighted by Gasteiger charge is 2.45. The number of nitrogens with one attached hydrogen (secondary N) is 1. The molecule has 0 saturated heterocycles. The summed E-state index contributed by atoms with van der Waals surface area (Å²) in [4.78, 5) is 0. The Hall–Kier alpha value is -0.800. The molecule has 100 valence electrons. The van der Waals surface area contributed by atoms with Crippen molar-refractivity contribution in [3.8, 4) is 5.75 Å². The molecule has 2 nitrogen and oxygen atoms in total. The van der Waals surface area contributed by atoms with Crippen molar-refractivity contribution in [3.05, 3.63) is 29.0 Å². The van der Waals surface area contributed by atoms with Gasteiger partial charge in [-0.15, -0.1) is 0 Å². The second-order valence-electron chi connectivity index (χ2n) is 5.38. The molecule has 0 aliphatic heterocycles. The molecule has 4 heteroatoms. The van der Waals surface area contributed by atoms with Gasteiger partial charge < -0.3 is 10.1 Å². The molecule has 0 heterocycles. The van der Waals surface area contributed by atoms with E-state index in [1.165, 1.54) is 18.2 Å².